The van der Waals surface area contributed by atoms with Crippen LogP contribution in [0.2, 0.25) is 0 Å². The van der Waals surface area contributed by atoms with Gasteiger partial charge < -0.3 is 5.32 Å². The first-order valence-corrected chi connectivity index (χ1v) is 7.60. The highest BCUT2D eigenvalue weighted by Crippen LogP contribution is 2.14. The van der Waals surface area contributed by atoms with E-state index < -0.39 is 0 Å². The van der Waals surface area contributed by atoms with Gasteiger partial charge in [-0.15, -0.1) is 11.3 Å². The van der Waals surface area contributed by atoms with Gasteiger partial charge in [0.2, 0.25) is 0 Å². The summed E-state index contributed by atoms with van der Waals surface area (Å²) in [6.45, 7) is 4.25. The molecule has 21 heavy (non-hydrogen) atoms. The molecule has 0 unspecified atom stereocenters. The van der Waals surface area contributed by atoms with Gasteiger partial charge in [-0.2, -0.15) is 5.10 Å². The number of aromatic nitrogens is 4. The Morgan fingerprint density at radius 3 is 3.00 bits per heavy atom. The Balaban J connectivity index is 1.63. The average molecular weight is 303 g/mol. The highest BCUT2D eigenvalue weighted by Gasteiger charge is 2.07. The second-order valence-corrected chi connectivity index (χ2v) is 6.31. The van der Waals surface area contributed by atoms with Gasteiger partial charge in [-0.05, 0) is 19.1 Å². The molecule has 1 N–H and O–H groups in total. The molecule has 7 heteroatoms. The number of hydrogen-bond donors (Lipinski definition) is 1. The minimum absolute atomic E-state index is 0.0399. The highest BCUT2D eigenvalue weighted by molar-refractivity contribution is 7.11. The molecule has 0 aromatic carbocycles. The van der Waals surface area contributed by atoms with Crippen molar-refractivity contribution in [3.63, 3.8) is 0 Å². The molecule has 0 saturated carbocycles. The maximum Gasteiger partial charge on any atom is 0.264 e. The minimum atomic E-state index is -0.0399. The molecule has 6 nitrogen and oxygen atoms in total. The Labute approximate surface area is 126 Å². The molecule has 0 aliphatic heterocycles. The Bertz CT molecular complexity index is 816. The summed E-state index contributed by atoms with van der Waals surface area (Å²) in [6, 6.07) is 4.24. The van der Waals surface area contributed by atoms with Crippen LogP contribution in [-0.2, 0) is 20.1 Å². The van der Waals surface area contributed by atoms with Gasteiger partial charge in [-0.1, -0.05) is 0 Å². The summed E-state index contributed by atoms with van der Waals surface area (Å²) in [7, 11) is 1.78. The maximum absolute atomic E-state index is 12.3. The monoisotopic (exact) mass is 303 g/mol. The molecule has 110 valence electrons. The highest BCUT2D eigenvalue weighted by atomic mass is 32.1. The third-order valence-electron chi connectivity index (χ3n) is 3.34. The summed E-state index contributed by atoms with van der Waals surface area (Å²) in [5.41, 5.74) is 0.583. The van der Waals surface area contributed by atoms with E-state index >= 15 is 0 Å². The van der Waals surface area contributed by atoms with Gasteiger partial charge in [0.1, 0.15) is 11.7 Å². The van der Waals surface area contributed by atoms with Crippen LogP contribution in [0.4, 0.5) is 0 Å². The van der Waals surface area contributed by atoms with Crippen molar-refractivity contribution < 1.29 is 0 Å². The summed E-state index contributed by atoms with van der Waals surface area (Å²) in [5.74, 6) is 0. The number of rotatable bonds is 5. The fourth-order valence-corrected chi connectivity index (χ4v) is 3.08. The zero-order valence-electron chi connectivity index (χ0n) is 12.0. The predicted molar refractivity (Wildman–Crippen MR) is 83.5 cm³/mol. The van der Waals surface area contributed by atoms with Crippen molar-refractivity contribution in [2.24, 2.45) is 7.05 Å². The molecule has 0 radical (unpaired) electrons. The molecule has 3 heterocycles. The van der Waals surface area contributed by atoms with Crippen LogP contribution in [0.3, 0.4) is 0 Å². The Morgan fingerprint density at radius 2 is 2.24 bits per heavy atom. The molecule has 0 saturated heterocycles. The summed E-state index contributed by atoms with van der Waals surface area (Å²) in [4.78, 5) is 19.2. The number of nitrogens with zero attached hydrogens (tertiary/aromatic N) is 4. The van der Waals surface area contributed by atoms with Crippen LogP contribution in [0.25, 0.3) is 11.0 Å². The van der Waals surface area contributed by atoms with Gasteiger partial charge in [0.15, 0.2) is 5.65 Å². The fourth-order valence-electron chi connectivity index (χ4n) is 2.22. The third kappa shape index (κ3) is 2.88. The first-order chi connectivity index (χ1) is 10.1. The first-order valence-electron chi connectivity index (χ1n) is 6.78. The molecule has 3 aromatic heterocycles. The first kappa shape index (κ1) is 14.0. The number of nitrogens with one attached hydrogen (secondary N) is 1. The summed E-state index contributed by atoms with van der Waals surface area (Å²) >= 11 is 1.79. The lowest BCUT2D eigenvalue weighted by Crippen LogP contribution is -2.27. The summed E-state index contributed by atoms with van der Waals surface area (Å²) in [6.07, 6.45) is 3.16. The standard InChI is InChI=1S/C14H17N5OS/c1-10-3-4-11(21-10)7-15-5-6-19-9-16-13-12(14(19)20)8-17-18(13)2/h3-4,8-9,15H,5-7H2,1-2H3. The molecule has 3 rings (SSSR count). The van der Waals surface area contributed by atoms with Gasteiger partial charge in [-0.3, -0.25) is 14.0 Å². The quantitative estimate of drug-likeness (QED) is 0.721. The van der Waals surface area contributed by atoms with Crippen LogP contribution < -0.4 is 10.9 Å². The number of aryl methyl sites for hydroxylation is 2. The topological polar surface area (TPSA) is 64.7 Å². The molecule has 0 aliphatic rings. The van der Waals surface area contributed by atoms with Crippen molar-refractivity contribution in [3.05, 3.63) is 44.8 Å². The smallest absolute Gasteiger partial charge is 0.264 e. The molecular weight excluding hydrogens is 286 g/mol. The van der Waals surface area contributed by atoms with Crippen LogP contribution in [0.5, 0.6) is 0 Å². The summed E-state index contributed by atoms with van der Waals surface area (Å²) < 4.78 is 3.23. The van der Waals surface area contributed by atoms with Crippen molar-refractivity contribution in [1.82, 2.24) is 24.6 Å². The van der Waals surface area contributed by atoms with Gasteiger partial charge in [0.05, 0.1) is 6.20 Å². The third-order valence-corrected chi connectivity index (χ3v) is 4.34. The molecule has 0 spiro atoms. The van der Waals surface area contributed by atoms with Crippen molar-refractivity contribution in [1.29, 1.82) is 0 Å². The van der Waals surface area contributed by atoms with Crippen LogP contribution in [0, 0.1) is 6.92 Å². The average Bonchev–Trinajstić information content (AvgIpc) is 3.04. The van der Waals surface area contributed by atoms with E-state index in [9.17, 15) is 4.79 Å². The molecule has 0 atom stereocenters. The van der Waals surface area contributed by atoms with Crippen LogP contribution >= 0.6 is 11.3 Å². The SMILES string of the molecule is Cc1ccc(CNCCn2cnc3c(cnn3C)c2=O)s1. The fraction of sp³-hybridized carbons (Fsp3) is 0.357. The van der Waals surface area contributed by atoms with E-state index in [1.54, 1.807) is 40.2 Å². The van der Waals surface area contributed by atoms with Crippen LogP contribution in [-0.4, -0.2) is 25.9 Å². The number of thiophene rings is 1. The van der Waals surface area contributed by atoms with Gasteiger partial charge in [-0.25, -0.2) is 4.98 Å². The van der Waals surface area contributed by atoms with E-state index in [2.05, 4.69) is 34.5 Å². The zero-order chi connectivity index (χ0) is 14.8. The lowest BCUT2D eigenvalue weighted by molar-refractivity contribution is 0.584. The molecule has 0 fully saturated rings. The van der Waals surface area contributed by atoms with Gasteiger partial charge >= 0.3 is 0 Å². The second-order valence-electron chi connectivity index (χ2n) is 4.94. The Kier molecular flexibility index (Phi) is 3.85. The Morgan fingerprint density at radius 1 is 1.38 bits per heavy atom. The molecule has 0 aliphatic carbocycles. The Hall–Kier alpha value is -1.99. The number of fused-ring (bicyclic) bond motifs is 1. The molecule has 0 amide bonds. The largest absolute Gasteiger partial charge is 0.310 e. The lowest BCUT2D eigenvalue weighted by atomic mass is 10.4. The van der Waals surface area contributed by atoms with E-state index in [0.29, 0.717) is 17.6 Å². The molecule has 3 aromatic rings. The normalized spacial score (nSPS) is 11.3. The van der Waals surface area contributed by atoms with E-state index in [1.165, 1.54) is 9.75 Å². The van der Waals surface area contributed by atoms with Gasteiger partial charge in [0, 0.05) is 36.4 Å². The zero-order valence-corrected chi connectivity index (χ0v) is 12.9. The van der Waals surface area contributed by atoms with E-state index in [0.717, 1.165) is 13.1 Å². The number of hydrogen-bond acceptors (Lipinski definition) is 5. The second kappa shape index (κ2) is 5.79. The summed E-state index contributed by atoms with van der Waals surface area (Å²) in [5, 5.41) is 7.97. The van der Waals surface area contributed by atoms with Crippen LogP contribution in [0.15, 0.2) is 29.5 Å². The van der Waals surface area contributed by atoms with Gasteiger partial charge in [0.25, 0.3) is 5.56 Å². The maximum atomic E-state index is 12.3. The van der Waals surface area contributed by atoms with Crippen LogP contribution in [0.1, 0.15) is 9.75 Å². The van der Waals surface area contributed by atoms with Crippen molar-refractivity contribution in [3.8, 4) is 0 Å². The molecule has 0 bridgehead atoms. The lowest BCUT2D eigenvalue weighted by Gasteiger charge is -2.06. The van der Waals surface area contributed by atoms with E-state index in [1.807, 2.05) is 0 Å². The molecular formula is C14H17N5OS. The van der Waals surface area contributed by atoms with E-state index in [-0.39, 0.29) is 5.56 Å². The minimum Gasteiger partial charge on any atom is -0.310 e. The van der Waals surface area contributed by atoms with Crippen molar-refractivity contribution in [2.45, 2.75) is 20.0 Å². The van der Waals surface area contributed by atoms with Crippen molar-refractivity contribution >= 4 is 22.4 Å². The predicted octanol–water partition coefficient (Wildman–Crippen LogP) is 1.29. The van der Waals surface area contributed by atoms with Crippen molar-refractivity contribution in [2.75, 3.05) is 6.54 Å². The van der Waals surface area contributed by atoms with E-state index in [4.69, 9.17) is 0 Å².